The molecule has 1 unspecified atom stereocenters. The average Bonchev–Trinajstić information content (AvgIpc) is 3.01. The molecule has 0 aromatic heterocycles. The predicted molar refractivity (Wildman–Crippen MR) is 80.2 cm³/mol. The van der Waals surface area contributed by atoms with Crippen molar-refractivity contribution in [1.29, 1.82) is 0 Å². The lowest BCUT2D eigenvalue weighted by molar-refractivity contribution is 0.0744. The Kier molecular flexibility index (Phi) is 5.41. The molecule has 1 aliphatic heterocycles. The number of amides is 1. The molecule has 4 nitrogen and oxygen atoms in total. The maximum Gasteiger partial charge on any atom is 0.253 e. The lowest BCUT2D eigenvalue weighted by Gasteiger charge is -2.23. The van der Waals surface area contributed by atoms with Gasteiger partial charge in [0, 0.05) is 25.2 Å². The van der Waals surface area contributed by atoms with E-state index in [0.29, 0.717) is 6.04 Å². The number of carbonyl (C=O) groups excluding carboxylic acids is 1. The molecular weight excluding hydrogens is 252 g/mol. The van der Waals surface area contributed by atoms with Crippen LogP contribution in [0.2, 0.25) is 0 Å². The molecule has 0 spiro atoms. The average molecular weight is 276 g/mol. The SMILES string of the molecule is CCCCOc1ccc(C(=O)N(C)C2CCNC2)cc1. The highest BCUT2D eigenvalue weighted by Crippen LogP contribution is 2.16. The van der Waals surface area contributed by atoms with Crippen LogP contribution in [0, 0.1) is 0 Å². The van der Waals surface area contributed by atoms with Gasteiger partial charge in [-0.1, -0.05) is 13.3 Å². The second kappa shape index (κ2) is 7.29. The van der Waals surface area contributed by atoms with Gasteiger partial charge in [-0.2, -0.15) is 0 Å². The van der Waals surface area contributed by atoms with E-state index in [1.54, 1.807) is 0 Å². The lowest BCUT2D eigenvalue weighted by atomic mass is 10.1. The Labute approximate surface area is 121 Å². The standard InChI is InChI=1S/C16H24N2O2/c1-3-4-11-20-15-7-5-13(6-8-15)16(19)18(2)14-9-10-17-12-14/h5-8,14,17H,3-4,9-12H2,1-2H3. The molecule has 0 aliphatic carbocycles. The van der Waals surface area contributed by atoms with Crippen LogP contribution in [0.3, 0.4) is 0 Å². The van der Waals surface area contributed by atoms with Crippen LogP contribution in [0.4, 0.5) is 0 Å². The fourth-order valence-electron chi connectivity index (χ4n) is 2.37. The smallest absolute Gasteiger partial charge is 0.253 e. The van der Waals surface area contributed by atoms with E-state index in [2.05, 4.69) is 12.2 Å². The number of nitrogens with zero attached hydrogens (tertiary/aromatic N) is 1. The van der Waals surface area contributed by atoms with Gasteiger partial charge in [-0.05, 0) is 43.7 Å². The first kappa shape index (κ1) is 14.9. The van der Waals surface area contributed by atoms with Gasteiger partial charge in [-0.15, -0.1) is 0 Å². The summed E-state index contributed by atoms with van der Waals surface area (Å²) in [5, 5.41) is 3.28. The van der Waals surface area contributed by atoms with Gasteiger partial charge in [0.25, 0.3) is 5.91 Å². The van der Waals surface area contributed by atoms with E-state index in [-0.39, 0.29) is 5.91 Å². The normalized spacial score (nSPS) is 18.0. The number of hydrogen-bond donors (Lipinski definition) is 1. The maximum absolute atomic E-state index is 12.4. The van der Waals surface area contributed by atoms with Gasteiger partial charge in [0.2, 0.25) is 0 Å². The number of unbranched alkanes of at least 4 members (excludes halogenated alkanes) is 1. The van der Waals surface area contributed by atoms with Crippen LogP contribution in [0.5, 0.6) is 5.75 Å². The zero-order valence-electron chi connectivity index (χ0n) is 12.4. The van der Waals surface area contributed by atoms with Gasteiger partial charge in [0.1, 0.15) is 5.75 Å². The molecule has 110 valence electrons. The van der Waals surface area contributed by atoms with Crippen LogP contribution in [0.25, 0.3) is 0 Å². The number of hydrogen-bond acceptors (Lipinski definition) is 3. The molecule has 1 aliphatic rings. The Bertz CT molecular complexity index is 425. The third kappa shape index (κ3) is 3.73. The monoisotopic (exact) mass is 276 g/mol. The summed E-state index contributed by atoms with van der Waals surface area (Å²) in [6.07, 6.45) is 3.20. The van der Waals surface area contributed by atoms with E-state index in [1.165, 1.54) is 0 Å². The van der Waals surface area contributed by atoms with E-state index < -0.39 is 0 Å². The van der Waals surface area contributed by atoms with Crippen molar-refractivity contribution in [3.8, 4) is 5.75 Å². The molecule has 0 saturated carbocycles. The van der Waals surface area contributed by atoms with Gasteiger partial charge in [0.15, 0.2) is 0 Å². The molecule has 1 aromatic rings. The molecule has 0 bridgehead atoms. The van der Waals surface area contributed by atoms with Crippen molar-refractivity contribution in [3.63, 3.8) is 0 Å². The molecule has 1 N–H and O–H groups in total. The number of likely N-dealkylation sites (N-methyl/N-ethyl adjacent to an activating group) is 1. The van der Waals surface area contributed by atoms with E-state index in [9.17, 15) is 4.79 Å². The first-order valence-corrected chi connectivity index (χ1v) is 7.43. The van der Waals surface area contributed by atoms with Crippen molar-refractivity contribution in [2.45, 2.75) is 32.2 Å². The molecule has 1 fully saturated rings. The summed E-state index contributed by atoms with van der Waals surface area (Å²) in [7, 11) is 1.88. The van der Waals surface area contributed by atoms with Gasteiger partial charge in [-0.3, -0.25) is 4.79 Å². The van der Waals surface area contributed by atoms with E-state index in [0.717, 1.165) is 50.3 Å². The van der Waals surface area contributed by atoms with Crippen molar-refractivity contribution in [2.75, 3.05) is 26.7 Å². The number of carbonyl (C=O) groups is 1. The first-order valence-electron chi connectivity index (χ1n) is 7.43. The van der Waals surface area contributed by atoms with Crippen molar-refractivity contribution in [1.82, 2.24) is 10.2 Å². The zero-order valence-corrected chi connectivity index (χ0v) is 12.4. The topological polar surface area (TPSA) is 41.6 Å². The molecule has 1 heterocycles. The Morgan fingerprint density at radius 2 is 2.15 bits per heavy atom. The quantitative estimate of drug-likeness (QED) is 0.811. The third-order valence-corrected chi connectivity index (χ3v) is 3.77. The summed E-state index contributed by atoms with van der Waals surface area (Å²) >= 11 is 0. The maximum atomic E-state index is 12.4. The van der Waals surface area contributed by atoms with E-state index >= 15 is 0 Å². The summed E-state index contributed by atoms with van der Waals surface area (Å²) in [4.78, 5) is 14.2. The fraction of sp³-hybridized carbons (Fsp3) is 0.562. The molecule has 4 heteroatoms. The molecule has 1 aromatic carbocycles. The fourth-order valence-corrected chi connectivity index (χ4v) is 2.37. The molecule has 1 saturated heterocycles. The molecule has 2 rings (SSSR count). The van der Waals surface area contributed by atoms with E-state index in [4.69, 9.17) is 4.74 Å². The largest absolute Gasteiger partial charge is 0.494 e. The second-order valence-corrected chi connectivity index (χ2v) is 5.29. The highest BCUT2D eigenvalue weighted by Gasteiger charge is 2.23. The minimum absolute atomic E-state index is 0.0822. The summed E-state index contributed by atoms with van der Waals surface area (Å²) in [6.45, 7) is 4.75. The van der Waals surface area contributed by atoms with E-state index in [1.807, 2.05) is 36.2 Å². The molecular formula is C16H24N2O2. The van der Waals surface area contributed by atoms with Crippen molar-refractivity contribution in [2.24, 2.45) is 0 Å². The number of benzene rings is 1. The lowest BCUT2D eigenvalue weighted by Crippen LogP contribution is -2.38. The zero-order chi connectivity index (χ0) is 14.4. The van der Waals surface area contributed by atoms with Gasteiger partial charge in [-0.25, -0.2) is 0 Å². The molecule has 1 atom stereocenters. The summed E-state index contributed by atoms with van der Waals surface area (Å²) in [5.41, 5.74) is 0.724. The first-order chi connectivity index (χ1) is 9.72. The van der Waals surface area contributed by atoms with Crippen LogP contribution >= 0.6 is 0 Å². The van der Waals surface area contributed by atoms with Crippen LogP contribution in [0.15, 0.2) is 24.3 Å². The van der Waals surface area contributed by atoms with Crippen molar-refractivity contribution in [3.05, 3.63) is 29.8 Å². The Hall–Kier alpha value is -1.55. The predicted octanol–water partition coefficient (Wildman–Crippen LogP) is 2.30. The second-order valence-electron chi connectivity index (χ2n) is 5.29. The molecule has 20 heavy (non-hydrogen) atoms. The Morgan fingerprint density at radius 1 is 1.40 bits per heavy atom. The number of nitrogens with one attached hydrogen (secondary N) is 1. The van der Waals surface area contributed by atoms with Crippen molar-refractivity contribution < 1.29 is 9.53 Å². The molecule has 0 radical (unpaired) electrons. The van der Waals surface area contributed by atoms with Gasteiger partial charge in [0.05, 0.1) is 6.61 Å². The summed E-state index contributed by atoms with van der Waals surface area (Å²) in [6, 6.07) is 7.76. The highest BCUT2D eigenvalue weighted by atomic mass is 16.5. The van der Waals surface area contributed by atoms with Gasteiger partial charge >= 0.3 is 0 Å². The number of ether oxygens (including phenoxy) is 1. The van der Waals surface area contributed by atoms with Crippen LogP contribution in [-0.2, 0) is 0 Å². The third-order valence-electron chi connectivity index (χ3n) is 3.77. The van der Waals surface area contributed by atoms with Crippen LogP contribution in [0.1, 0.15) is 36.5 Å². The minimum Gasteiger partial charge on any atom is -0.494 e. The number of rotatable bonds is 6. The summed E-state index contributed by atoms with van der Waals surface area (Å²) < 4.78 is 5.61. The minimum atomic E-state index is 0.0822. The summed E-state index contributed by atoms with van der Waals surface area (Å²) in [5.74, 6) is 0.916. The van der Waals surface area contributed by atoms with Gasteiger partial charge < -0.3 is 15.0 Å². The Morgan fingerprint density at radius 3 is 2.75 bits per heavy atom. The highest BCUT2D eigenvalue weighted by molar-refractivity contribution is 5.94. The molecule has 1 amide bonds. The Balaban J connectivity index is 1.92. The van der Waals surface area contributed by atoms with Crippen LogP contribution < -0.4 is 10.1 Å². The van der Waals surface area contributed by atoms with Crippen LogP contribution in [-0.4, -0.2) is 43.6 Å². The van der Waals surface area contributed by atoms with Crippen molar-refractivity contribution >= 4 is 5.91 Å².